The maximum absolute atomic E-state index is 12.4. The summed E-state index contributed by atoms with van der Waals surface area (Å²) in [4.78, 5) is 38.6. The van der Waals surface area contributed by atoms with Gasteiger partial charge in [0.25, 0.3) is 11.4 Å². The summed E-state index contributed by atoms with van der Waals surface area (Å²) >= 11 is 0. The van der Waals surface area contributed by atoms with Crippen LogP contribution >= 0.6 is 0 Å². The summed E-state index contributed by atoms with van der Waals surface area (Å²) in [5, 5.41) is 22.1. The third-order valence-corrected chi connectivity index (χ3v) is 4.63. The lowest BCUT2D eigenvalue weighted by molar-refractivity contribution is -0.393. The summed E-state index contributed by atoms with van der Waals surface area (Å²) in [5.74, 6) is 0. The van der Waals surface area contributed by atoms with Gasteiger partial charge in [-0.15, -0.1) is 0 Å². The SMILES string of the molecule is O=C(N1CCCC1)N1CCN(c2ccc([N+](=O)[O-])cc2[N+](=O)[O-])CC1. The lowest BCUT2D eigenvalue weighted by Gasteiger charge is -2.37. The summed E-state index contributed by atoms with van der Waals surface area (Å²) in [6, 6.07) is 3.69. The molecule has 0 unspecified atom stereocenters. The first-order valence-corrected chi connectivity index (χ1v) is 8.19. The Hall–Kier alpha value is -2.91. The molecule has 2 aliphatic heterocycles. The van der Waals surface area contributed by atoms with E-state index in [2.05, 4.69) is 0 Å². The first kappa shape index (κ1) is 16.9. The van der Waals surface area contributed by atoms with Crippen molar-refractivity contribution in [2.45, 2.75) is 12.8 Å². The highest BCUT2D eigenvalue weighted by Crippen LogP contribution is 2.32. The molecule has 0 saturated carbocycles. The van der Waals surface area contributed by atoms with E-state index in [1.165, 1.54) is 12.1 Å². The fourth-order valence-electron chi connectivity index (χ4n) is 3.29. The molecule has 0 atom stereocenters. The maximum Gasteiger partial charge on any atom is 0.320 e. The molecule has 134 valence electrons. The second kappa shape index (κ2) is 6.91. The smallest absolute Gasteiger partial charge is 0.320 e. The predicted molar refractivity (Wildman–Crippen MR) is 89.7 cm³/mol. The van der Waals surface area contributed by atoms with Gasteiger partial charge in [-0.3, -0.25) is 20.2 Å². The van der Waals surface area contributed by atoms with E-state index < -0.39 is 9.85 Å². The van der Waals surface area contributed by atoms with Crippen molar-refractivity contribution in [1.82, 2.24) is 9.80 Å². The number of anilines is 1. The number of rotatable bonds is 3. The largest absolute Gasteiger partial charge is 0.362 e. The normalized spacial score (nSPS) is 17.7. The van der Waals surface area contributed by atoms with Gasteiger partial charge in [-0.2, -0.15) is 0 Å². The number of piperazine rings is 1. The molecule has 2 fully saturated rings. The van der Waals surface area contributed by atoms with E-state index in [4.69, 9.17) is 0 Å². The number of non-ortho nitro benzene ring substituents is 1. The zero-order valence-corrected chi connectivity index (χ0v) is 13.7. The third-order valence-electron chi connectivity index (χ3n) is 4.63. The minimum Gasteiger partial charge on any atom is -0.362 e. The van der Waals surface area contributed by atoms with Crippen molar-refractivity contribution in [3.8, 4) is 0 Å². The summed E-state index contributed by atoms with van der Waals surface area (Å²) in [6.07, 6.45) is 2.06. The first-order chi connectivity index (χ1) is 12.0. The maximum atomic E-state index is 12.4. The second-order valence-corrected chi connectivity index (χ2v) is 6.14. The summed E-state index contributed by atoms with van der Waals surface area (Å²) in [6.45, 7) is 3.43. The van der Waals surface area contributed by atoms with Crippen molar-refractivity contribution in [1.29, 1.82) is 0 Å². The Morgan fingerprint density at radius 2 is 1.48 bits per heavy atom. The molecule has 0 aliphatic carbocycles. The number of amides is 2. The van der Waals surface area contributed by atoms with Crippen LogP contribution in [0, 0.1) is 20.2 Å². The van der Waals surface area contributed by atoms with Gasteiger partial charge in [-0.05, 0) is 18.9 Å². The van der Waals surface area contributed by atoms with Crippen LogP contribution in [0.3, 0.4) is 0 Å². The lowest BCUT2D eigenvalue weighted by atomic mass is 10.2. The van der Waals surface area contributed by atoms with Crippen LogP contribution in [0.2, 0.25) is 0 Å². The van der Waals surface area contributed by atoms with Gasteiger partial charge >= 0.3 is 6.03 Å². The van der Waals surface area contributed by atoms with Crippen molar-refractivity contribution in [3.05, 3.63) is 38.4 Å². The molecule has 0 N–H and O–H groups in total. The Morgan fingerprint density at radius 3 is 2.04 bits per heavy atom. The standard InChI is InChI=1S/C15H19N5O5/c21-15(17-5-1-2-6-17)18-9-7-16(8-10-18)13-4-3-12(19(22)23)11-14(13)20(24)25/h3-4,11H,1-2,5-10H2. The molecule has 2 saturated heterocycles. The number of nitro benzene ring substituents is 2. The van der Waals surface area contributed by atoms with Crippen LogP contribution in [-0.2, 0) is 0 Å². The van der Waals surface area contributed by atoms with E-state index in [9.17, 15) is 25.0 Å². The molecule has 2 aliphatic rings. The number of carbonyl (C=O) groups excluding carboxylic acids is 1. The molecule has 10 heteroatoms. The molecule has 0 bridgehead atoms. The molecular weight excluding hydrogens is 330 g/mol. The van der Waals surface area contributed by atoms with Gasteiger partial charge in [-0.1, -0.05) is 0 Å². The Bertz CT molecular complexity index is 696. The molecule has 0 radical (unpaired) electrons. The van der Waals surface area contributed by atoms with Gasteiger partial charge in [0, 0.05) is 45.3 Å². The van der Waals surface area contributed by atoms with Crippen molar-refractivity contribution in [3.63, 3.8) is 0 Å². The zero-order chi connectivity index (χ0) is 18.0. The highest BCUT2D eigenvalue weighted by molar-refractivity contribution is 5.75. The minimum absolute atomic E-state index is 0.0235. The summed E-state index contributed by atoms with van der Waals surface area (Å²) in [7, 11) is 0. The Kier molecular flexibility index (Phi) is 4.68. The number of benzene rings is 1. The highest BCUT2D eigenvalue weighted by Gasteiger charge is 2.30. The van der Waals surface area contributed by atoms with Crippen LogP contribution in [0.4, 0.5) is 21.9 Å². The molecule has 10 nitrogen and oxygen atoms in total. The van der Waals surface area contributed by atoms with Crippen LogP contribution in [-0.4, -0.2) is 64.9 Å². The van der Waals surface area contributed by atoms with Crippen LogP contribution in [0.1, 0.15) is 12.8 Å². The van der Waals surface area contributed by atoms with Crippen LogP contribution in [0.15, 0.2) is 18.2 Å². The number of carbonyl (C=O) groups is 1. The fourth-order valence-corrected chi connectivity index (χ4v) is 3.29. The topological polar surface area (TPSA) is 113 Å². The minimum atomic E-state index is -0.649. The van der Waals surface area contributed by atoms with Gasteiger partial charge in [0.1, 0.15) is 5.69 Å². The molecule has 0 spiro atoms. The van der Waals surface area contributed by atoms with E-state index in [1.54, 1.807) is 9.80 Å². The second-order valence-electron chi connectivity index (χ2n) is 6.14. The van der Waals surface area contributed by atoms with E-state index in [-0.39, 0.29) is 17.4 Å². The van der Waals surface area contributed by atoms with E-state index in [0.29, 0.717) is 31.9 Å². The van der Waals surface area contributed by atoms with E-state index in [0.717, 1.165) is 32.0 Å². The zero-order valence-electron chi connectivity index (χ0n) is 13.7. The number of hydrogen-bond acceptors (Lipinski definition) is 6. The number of nitrogens with zero attached hydrogens (tertiary/aromatic N) is 5. The molecule has 2 heterocycles. The Labute approximate surface area is 143 Å². The van der Waals surface area contributed by atoms with Gasteiger partial charge in [0.05, 0.1) is 15.9 Å². The van der Waals surface area contributed by atoms with Gasteiger partial charge in [0.15, 0.2) is 0 Å². The average Bonchev–Trinajstić information content (AvgIpc) is 3.15. The molecule has 0 aromatic heterocycles. The van der Waals surface area contributed by atoms with E-state index in [1.807, 2.05) is 4.90 Å². The van der Waals surface area contributed by atoms with Crippen LogP contribution in [0.25, 0.3) is 0 Å². The number of urea groups is 1. The number of likely N-dealkylation sites (tertiary alicyclic amines) is 1. The quantitative estimate of drug-likeness (QED) is 0.608. The molecule has 25 heavy (non-hydrogen) atoms. The van der Waals surface area contributed by atoms with Crippen LogP contribution in [0.5, 0.6) is 0 Å². The lowest BCUT2D eigenvalue weighted by Crippen LogP contribution is -2.52. The van der Waals surface area contributed by atoms with Gasteiger partial charge in [0.2, 0.25) is 0 Å². The Balaban J connectivity index is 1.71. The monoisotopic (exact) mass is 349 g/mol. The van der Waals surface area contributed by atoms with Crippen molar-refractivity contribution >= 4 is 23.1 Å². The molecule has 1 aromatic carbocycles. The summed E-state index contributed by atoms with van der Waals surface area (Å²) in [5.41, 5.74) is -0.240. The molecule has 1 aromatic rings. The van der Waals surface area contributed by atoms with E-state index >= 15 is 0 Å². The highest BCUT2D eigenvalue weighted by atomic mass is 16.6. The van der Waals surface area contributed by atoms with Crippen LogP contribution < -0.4 is 4.90 Å². The van der Waals surface area contributed by atoms with Crippen molar-refractivity contribution in [2.75, 3.05) is 44.2 Å². The first-order valence-electron chi connectivity index (χ1n) is 8.19. The molecule has 3 rings (SSSR count). The third kappa shape index (κ3) is 3.47. The van der Waals surface area contributed by atoms with Gasteiger partial charge < -0.3 is 14.7 Å². The predicted octanol–water partition coefficient (Wildman–Crippen LogP) is 1.84. The van der Waals surface area contributed by atoms with Crippen molar-refractivity contribution in [2.24, 2.45) is 0 Å². The molecule has 2 amide bonds. The average molecular weight is 349 g/mol. The number of nitro groups is 2. The fraction of sp³-hybridized carbons (Fsp3) is 0.533. The number of hydrogen-bond donors (Lipinski definition) is 0. The van der Waals surface area contributed by atoms with Gasteiger partial charge in [-0.25, -0.2) is 4.79 Å². The summed E-state index contributed by atoms with van der Waals surface area (Å²) < 4.78 is 0. The van der Waals surface area contributed by atoms with Crippen molar-refractivity contribution < 1.29 is 14.6 Å². The Morgan fingerprint density at radius 1 is 0.880 bits per heavy atom. The molecular formula is C15H19N5O5.